The number of methoxy groups -OCH3 is 2. The molecule has 138 valence electrons. The van der Waals surface area contributed by atoms with Gasteiger partial charge in [-0.15, -0.1) is 0 Å². The maximum atomic E-state index is 12.6. The van der Waals surface area contributed by atoms with Crippen LogP contribution in [-0.2, 0) is 13.0 Å². The van der Waals surface area contributed by atoms with E-state index in [2.05, 4.69) is 4.98 Å². The van der Waals surface area contributed by atoms with Gasteiger partial charge in [-0.1, -0.05) is 18.2 Å². The largest absolute Gasteiger partial charge is 0.493 e. The van der Waals surface area contributed by atoms with Gasteiger partial charge in [-0.25, -0.2) is 4.79 Å². The number of para-hydroxylation sites is 1. The monoisotopic (exact) mass is 364 g/mol. The van der Waals surface area contributed by atoms with Crippen LogP contribution in [0, 0.1) is 6.92 Å². The Bertz CT molecular complexity index is 1070. The van der Waals surface area contributed by atoms with Crippen molar-refractivity contribution in [3.8, 4) is 34.4 Å². The highest BCUT2D eigenvalue weighted by molar-refractivity contribution is 5.70. The molecule has 0 atom stereocenters. The molecule has 6 nitrogen and oxygen atoms in total. The van der Waals surface area contributed by atoms with Gasteiger partial charge in [0.25, 0.3) is 0 Å². The van der Waals surface area contributed by atoms with Gasteiger partial charge in [-0.05, 0) is 42.7 Å². The van der Waals surface area contributed by atoms with E-state index in [0.29, 0.717) is 23.8 Å². The number of ether oxygens (including phenoxy) is 3. The fourth-order valence-corrected chi connectivity index (χ4v) is 3.36. The molecule has 0 aliphatic carbocycles. The summed E-state index contributed by atoms with van der Waals surface area (Å²) in [6.07, 6.45) is 0.724. The molecule has 0 saturated heterocycles. The van der Waals surface area contributed by atoms with Gasteiger partial charge in [-0.2, -0.15) is 4.98 Å². The molecule has 0 saturated carbocycles. The molecule has 1 aliphatic rings. The summed E-state index contributed by atoms with van der Waals surface area (Å²) in [5, 5.41) is 0. The van der Waals surface area contributed by atoms with Crippen molar-refractivity contribution in [2.45, 2.75) is 19.9 Å². The van der Waals surface area contributed by atoms with Crippen LogP contribution in [0.15, 0.2) is 47.3 Å². The zero-order chi connectivity index (χ0) is 19.0. The van der Waals surface area contributed by atoms with Gasteiger partial charge >= 0.3 is 5.69 Å². The van der Waals surface area contributed by atoms with Crippen molar-refractivity contribution in [2.75, 3.05) is 14.2 Å². The van der Waals surface area contributed by atoms with E-state index in [0.717, 1.165) is 28.8 Å². The first-order chi connectivity index (χ1) is 13.1. The van der Waals surface area contributed by atoms with E-state index in [4.69, 9.17) is 14.2 Å². The van der Waals surface area contributed by atoms with Crippen LogP contribution >= 0.6 is 0 Å². The van der Waals surface area contributed by atoms with Gasteiger partial charge in [0, 0.05) is 18.2 Å². The minimum atomic E-state index is -0.323. The molecule has 0 fully saturated rings. The molecular weight excluding hydrogens is 344 g/mol. The van der Waals surface area contributed by atoms with Crippen LogP contribution in [-0.4, -0.2) is 23.8 Å². The molecule has 0 unspecified atom stereocenters. The Kier molecular flexibility index (Phi) is 4.32. The third kappa shape index (κ3) is 3.03. The van der Waals surface area contributed by atoms with Crippen molar-refractivity contribution in [1.29, 1.82) is 0 Å². The summed E-state index contributed by atoms with van der Waals surface area (Å²) in [7, 11) is 3.21. The van der Waals surface area contributed by atoms with E-state index >= 15 is 0 Å². The summed E-state index contributed by atoms with van der Waals surface area (Å²) in [4.78, 5) is 16.7. The molecule has 6 heteroatoms. The first-order valence-corrected chi connectivity index (χ1v) is 8.71. The van der Waals surface area contributed by atoms with Crippen LogP contribution in [0.1, 0.15) is 11.1 Å². The molecule has 2 heterocycles. The summed E-state index contributed by atoms with van der Waals surface area (Å²) in [5.41, 5.74) is 3.44. The Morgan fingerprint density at radius 3 is 2.48 bits per heavy atom. The number of aryl methyl sites for hydroxylation is 2. The molecule has 0 bridgehead atoms. The van der Waals surface area contributed by atoms with Gasteiger partial charge in [-0.3, -0.25) is 4.57 Å². The molecule has 27 heavy (non-hydrogen) atoms. The smallest absolute Gasteiger partial charge is 0.351 e. The second-order valence-electron chi connectivity index (χ2n) is 6.40. The number of nitrogens with zero attached hydrogens (tertiary/aromatic N) is 2. The number of benzene rings is 2. The van der Waals surface area contributed by atoms with Crippen molar-refractivity contribution >= 4 is 0 Å². The van der Waals surface area contributed by atoms with E-state index in [1.165, 1.54) is 0 Å². The lowest BCUT2D eigenvalue weighted by Gasteiger charge is -2.23. The summed E-state index contributed by atoms with van der Waals surface area (Å²) < 4.78 is 18.4. The number of rotatable bonds is 4. The molecule has 4 rings (SSSR count). The second kappa shape index (κ2) is 6.79. The second-order valence-corrected chi connectivity index (χ2v) is 6.40. The number of hydrogen-bond acceptors (Lipinski definition) is 5. The van der Waals surface area contributed by atoms with Gasteiger partial charge < -0.3 is 14.2 Å². The quantitative estimate of drug-likeness (QED) is 0.708. The van der Waals surface area contributed by atoms with E-state index in [1.807, 2.05) is 43.3 Å². The maximum absolute atomic E-state index is 12.6. The minimum Gasteiger partial charge on any atom is -0.493 e. The van der Waals surface area contributed by atoms with E-state index in [9.17, 15) is 4.79 Å². The minimum absolute atomic E-state index is 0.281. The third-order valence-electron chi connectivity index (χ3n) is 4.79. The lowest BCUT2D eigenvalue weighted by Crippen LogP contribution is -2.28. The molecule has 2 aromatic carbocycles. The van der Waals surface area contributed by atoms with Crippen LogP contribution in [0.3, 0.4) is 0 Å². The topological polar surface area (TPSA) is 62.6 Å². The number of hydrogen-bond donors (Lipinski definition) is 0. The zero-order valence-corrected chi connectivity index (χ0v) is 15.5. The highest BCUT2D eigenvalue weighted by Crippen LogP contribution is 2.38. The molecule has 0 N–H and O–H groups in total. The average molecular weight is 364 g/mol. The summed E-state index contributed by atoms with van der Waals surface area (Å²) in [6.45, 7) is 2.52. The fourth-order valence-electron chi connectivity index (χ4n) is 3.36. The van der Waals surface area contributed by atoms with Crippen LogP contribution in [0.4, 0.5) is 0 Å². The number of fused-ring (bicyclic) bond motifs is 3. The summed E-state index contributed by atoms with van der Waals surface area (Å²) in [5.74, 6) is 2.26. The standard InChI is InChI=1S/C21H20N2O4/c1-13-6-4-5-7-17(13)27-20-12-16-15-11-19(26-3)18(25-2)10-14(15)8-9-23(16)21(24)22-20/h4-7,10-12H,8-9H2,1-3H3. The SMILES string of the molecule is COc1cc2c(cc1OC)-c1cc(Oc3ccccc3C)nc(=O)n1CC2. The normalized spacial score (nSPS) is 12.1. The van der Waals surface area contributed by atoms with Gasteiger partial charge in [0.05, 0.1) is 19.9 Å². The van der Waals surface area contributed by atoms with Crippen molar-refractivity contribution in [2.24, 2.45) is 0 Å². The summed E-state index contributed by atoms with van der Waals surface area (Å²) in [6, 6.07) is 13.3. The van der Waals surface area contributed by atoms with Crippen LogP contribution in [0.2, 0.25) is 0 Å². The predicted octanol–water partition coefficient (Wildman–Crippen LogP) is 3.58. The van der Waals surface area contributed by atoms with E-state index in [1.54, 1.807) is 24.9 Å². The molecule has 1 aliphatic heterocycles. The van der Waals surface area contributed by atoms with Crippen molar-refractivity contribution in [1.82, 2.24) is 9.55 Å². The average Bonchev–Trinajstić information content (AvgIpc) is 2.68. The highest BCUT2D eigenvalue weighted by Gasteiger charge is 2.22. The third-order valence-corrected chi connectivity index (χ3v) is 4.79. The van der Waals surface area contributed by atoms with Crippen LogP contribution < -0.4 is 19.9 Å². The zero-order valence-electron chi connectivity index (χ0n) is 15.5. The van der Waals surface area contributed by atoms with Crippen molar-refractivity contribution in [3.63, 3.8) is 0 Å². The van der Waals surface area contributed by atoms with Crippen LogP contribution in [0.5, 0.6) is 23.1 Å². The Balaban J connectivity index is 1.83. The highest BCUT2D eigenvalue weighted by atomic mass is 16.5. The summed E-state index contributed by atoms with van der Waals surface area (Å²) >= 11 is 0. The molecule has 1 aromatic heterocycles. The first kappa shape index (κ1) is 17.1. The van der Waals surface area contributed by atoms with Crippen molar-refractivity contribution < 1.29 is 14.2 Å². The maximum Gasteiger partial charge on any atom is 0.351 e. The molecular formula is C21H20N2O4. The fraction of sp³-hybridized carbons (Fsp3) is 0.238. The van der Waals surface area contributed by atoms with Crippen LogP contribution in [0.25, 0.3) is 11.3 Å². The molecule has 0 radical (unpaired) electrons. The molecule has 3 aromatic rings. The Morgan fingerprint density at radius 2 is 1.74 bits per heavy atom. The van der Waals surface area contributed by atoms with Gasteiger partial charge in [0.1, 0.15) is 5.75 Å². The van der Waals surface area contributed by atoms with E-state index < -0.39 is 0 Å². The van der Waals surface area contributed by atoms with Gasteiger partial charge in [0.2, 0.25) is 5.88 Å². The van der Waals surface area contributed by atoms with Crippen molar-refractivity contribution in [3.05, 3.63) is 64.1 Å². The Labute approximate surface area is 157 Å². The Hall–Kier alpha value is -3.28. The number of aromatic nitrogens is 2. The lowest BCUT2D eigenvalue weighted by atomic mass is 9.97. The molecule has 0 amide bonds. The predicted molar refractivity (Wildman–Crippen MR) is 102 cm³/mol. The first-order valence-electron chi connectivity index (χ1n) is 8.71. The Morgan fingerprint density at radius 1 is 1.00 bits per heavy atom. The van der Waals surface area contributed by atoms with E-state index in [-0.39, 0.29) is 11.6 Å². The molecule has 0 spiro atoms. The lowest BCUT2D eigenvalue weighted by molar-refractivity contribution is 0.354. The van der Waals surface area contributed by atoms with Gasteiger partial charge in [0.15, 0.2) is 11.5 Å².